The Morgan fingerprint density at radius 3 is 1.87 bits per heavy atom. The molecule has 0 saturated carbocycles. The molecule has 6 atom stereocenters. The van der Waals surface area contributed by atoms with Crippen LogP contribution in [0.5, 0.6) is 0 Å². The number of aryl methyl sites for hydroxylation is 1. The van der Waals surface area contributed by atoms with Gasteiger partial charge in [-0.15, -0.1) is 0 Å². The first kappa shape index (κ1) is 31.1. The summed E-state index contributed by atoms with van der Waals surface area (Å²) in [7, 11) is 0. The maximum atomic E-state index is 12.8. The predicted molar refractivity (Wildman–Crippen MR) is 170 cm³/mol. The van der Waals surface area contributed by atoms with Crippen LogP contribution in [-0.4, -0.2) is 46.4 Å². The van der Waals surface area contributed by atoms with Crippen molar-refractivity contribution >= 4 is 5.97 Å². The second-order valence-electron chi connectivity index (χ2n) is 12.0. The van der Waals surface area contributed by atoms with Crippen LogP contribution in [0.1, 0.15) is 63.9 Å². The molecule has 1 fully saturated rings. The van der Waals surface area contributed by atoms with Crippen LogP contribution in [0.15, 0.2) is 109 Å². The van der Waals surface area contributed by atoms with Crippen molar-refractivity contribution in [3.8, 4) is 0 Å². The van der Waals surface area contributed by atoms with Gasteiger partial charge in [0.05, 0.1) is 31.5 Å². The lowest BCUT2D eigenvalue weighted by Crippen LogP contribution is -2.68. The van der Waals surface area contributed by atoms with Crippen LogP contribution in [0.4, 0.5) is 0 Å². The van der Waals surface area contributed by atoms with Gasteiger partial charge in [0.1, 0.15) is 18.3 Å². The molecular formula is C38H40O7. The quantitative estimate of drug-likeness (QED) is 0.196. The van der Waals surface area contributed by atoms with Gasteiger partial charge in [0.25, 0.3) is 0 Å². The summed E-state index contributed by atoms with van der Waals surface area (Å²) in [5.74, 6) is -3.38. The third kappa shape index (κ3) is 7.03. The number of fused-ring (bicyclic) bond motifs is 1. The zero-order valence-corrected chi connectivity index (χ0v) is 25.5. The van der Waals surface area contributed by atoms with Crippen molar-refractivity contribution in [2.45, 2.75) is 82.1 Å². The fourth-order valence-corrected chi connectivity index (χ4v) is 6.67. The van der Waals surface area contributed by atoms with E-state index in [2.05, 4.69) is 0 Å². The Bertz CT molecular complexity index is 1540. The molecule has 0 radical (unpaired) electrons. The van der Waals surface area contributed by atoms with E-state index in [0.29, 0.717) is 13.0 Å². The van der Waals surface area contributed by atoms with Crippen LogP contribution < -0.4 is 0 Å². The topological polar surface area (TPSA) is 94.5 Å². The number of rotatable bonds is 11. The smallest absolute Gasteiger partial charge is 0.335 e. The molecule has 0 bridgehead atoms. The SMILES string of the molecule is C[C@@H]1O[C@](O)(C2CCCc3ccc(C(=O)O)cc32)[C@@H](OCc2ccccc2)[C@H](OCc2ccccc2)[C@@H]1OCc1ccccc1. The lowest BCUT2D eigenvalue weighted by molar-refractivity contribution is -0.372. The van der Waals surface area contributed by atoms with Gasteiger partial charge in [-0.25, -0.2) is 4.79 Å². The maximum absolute atomic E-state index is 12.8. The van der Waals surface area contributed by atoms with Gasteiger partial charge in [-0.1, -0.05) is 97.1 Å². The highest BCUT2D eigenvalue weighted by molar-refractivity contribution is 5.88. The number of carboxylic acids is 1. The maximum Gasteiger partial charge on any atom is 0.335 e. The number of carbonyl (C=O) groups is 1. The Hall–Kier alpha value is -3.85. The van der Waals surface area contributed by atoms with E-state index in [1.54, 1.807) is 12.1 Å². The van der Waals surface area contributed by atoms with Gasteiger partial charge < -0.3 is 29.2 Å². The summed E-state index contributed by atoms with van der Waals surface area (Å²) in [6, 6.07) is 34.8. The first-order valence-corrected chi connectivity index (χ1v) is 15.7. The predicted octanol–water partition coefficient (Wildman–Crippen LogP) is 6.67. The lowest BCUT2D eigenvalue weighted by Gasteiger charge is -2.53. The van der Waals surface area contributed by atoms with Crippen LogP contribution in [-0.2, 0) is 45.2 Å². The molecule has 1 saturated heterocycles. The monoisotopic (exact) mass is 608 g/mol. The number of aliphatic hydroxyl groups is 1. The van der Waals surface area contributed by atoms with Crippen LogP contribution in [0.2, 0.25) is 0 Å². The molecular weight excluding hydrogens is 568 g/mol. The van der Waals surface area contributed by atoms with Gasteiger partial charge in [0.15, 0.2) is 0 Å². The Labute approximate surface area is 264 Å². The van der Waals surface area contributed by atoms with Gasteiger partial charge in [0.2, 0.25) is 5.79 Å². The lowest BCUT2D eigenvalue weighted by atomic mass is 9.73. The number of carboxylic acid groups (broad SMARTS) is 1. The van der Waals surface area contributed by atoms with Gasteiger partial charge >= 0.3 is 5.97 Å². The second-order valence-corrected chi connectivity index (χ2v) is 12.0. The molecule has 1 unspecified atom stereocenters. The molecule has 4 aromatic rings. The van der Waals surface area contributed by atoms with Gasteiger partial charge in [-0.05, 0) is 66.1 Å². The van der Waals surface area contributed by atoms with E-state index in [1.165, 1.54) is 0 Å². The molecule has 1 aliphatic carbocycles. The summed E-state index contributed by atoms with van der Waals surface area (Å²) < 4.78 is 26.5. The Morgan fingerprint density at radius 1 is 0.778 bits per heavy atom. The molecule has 0 aromatic heterocycles. The van der Waals surface area contributed by atoms with E-state index in [4.69, 9.17) is 18.9 Å². The van der Waals surface area contributed by atoms with E-state index in [0.717, 1.165) is 40.7 Å². The van der Waals surface area contributed by atoms with E-state index < -0.39 is 42.1 Å². The highest BCUT2D eigenvalue weighted by Gasteiger charge is 2.59. The number of ether oxygens (including phenoxy) is 4. The van der Waals surface area contributed by atoms with Gasteiger partial charge in [-0.3, -0.25) is 0 Å². The number of aromatic carboxylic acids is 1. The molecule has 7 heteroatoms. The van der Waals surface area contributed by atoms with Crippen molar-refractivity contribution in [1.82, 2.24) is 0 Å². The largest absolute Gasteiger partial charge is 0.478 e. The van der Waals surface area contributed by atoms with E-state index in [1.807, 2.05) is 104 Å². The Balaban J connectivity index is 1.40. The summed E-state index contributed by atoms with van der Waals surface area (Å²) in [6.45, 7) is 2.73. The average molecular weight is 609 g/mol. The molecule has 1 heterocycles. The molecule has 0 amide bonds. The first-order chi connectivity index (χ1) is 21.9. The van der Waals surface area contributed by atoms with E-state index in [-0.39, 0.29) is 18.8 Å². The van der Waals surface area contributed by atoms with Crippen LogP contribution >= 0.6 is 0 Å². The van der Waals surface area contributed by atoms with Gasteiger partial charge in [-0.2, -0.15) is 0 Å². The number of benzene rings is 4. The second kappa shape index (κ2) is 14.1. The normalized spacial score (nSPS) is 26.2. The highest BCUT2D eigenvalue weighted by atomic mass is 16.7. The molecule has 234 valence electrons. The summed E-state index contributed by atoms with van der Waals surface area (Å²) in [5, 5.41) is 22.6. The van der Waals surface area contributed by atoms with E-state index in [9.17, 15) is 15.0 Å². The summed E-state index contributed by atoms with van der Waals surface area (Å²) in [4.78, 5) is 12.0. The van der Waals surface area contributed by atoms with Crippen molar-refractivity contribution in [3.63, 3.8) is 0 Å². The fourth-order valence-electron chi connectivity index (χ4n) is 6.67. The molecule has 2 N–H and O–H groups in total. The molecule has 1 aliphatic heterocycles. The molecule has 45 heavy (non-hydrogen) atoms. The van der Waals surface area contributed by atoms with Gasteiger partial charge in [0, 0.05) is 5.92 Å². The minimum Gasteiger partial charge on any atom is -0.478 e. The van der Waals surface area contributed by atoms with E-state index >= 15 is 0 Å². The van der Waals surface area contributed by atoms with Crippen LogP contribution in [0, 0.1) is 0 Å². The van der Waals surface area contributed by atoms with Crippen molar-refractivity contribution < 1.29 is 34.0 Å². The van der Waals surface area contributed by atoms with Crippen LogP contribution in [0.3, 0.4) is 0 Å². The third-order valence-corrected chi connectivity index (χ3v) is 8.92. The summed E-state index contributed by atoms with van der Waals surface area (Å²) >= 11 is 0. The Kier molecular flexibility index (Phi) is 9.73. The Morgan fingerprint density at radius 2 is 1.31 bits per heavy atom. The fraction of sp³-hybridized carbons (Fsp3) is 0.342. The first-order valence-electron chi connectivity index (χ1n) is 15.7. The van der Waals surface area contributed by atoms with Crippen molar-refractivity contribution in [2.24, 2.45) is 0 Å². The minimum absolute atomic E-state index is 0.177. The number of hydrogen-bond acceptors (Lipinski definition) is 6. The zero-order valence-electron chi connectivity index (χ0n) is 25.5. The molecule has 4 aromatic carbocycles. The molecule has 2 aliphatic rings. The van der Waals surface area contributed by atoms with Crippen molar-refractivity contribution in [1.29, 1.82) is 0 Å². The van der Waals surface area contributed by atoms with Crippen LogP contribution in [0.25, 0.3) is 0 Å². The molecule has 0 spiro atoms. The summed E-state index contributed by atoms with van der Waals surface area (Å²) in [5.41, 5.74) is 4.89. The standard InChI is InChI=1S/C38H40O7/c1-26-34(42-23-27-12-5-2-6-13-27)35(43-24-28-14-7-3-8-15-28)36(44-25-29-16-9-4-10-17-29)38(41,45-26)33-19-11-18-30-20-21-31(37(39)40)22-32(30)33/h2-10,12-17,20-22,26,33-36,41H,11,18-19,23-25H2,1H3,(H,39,40)/t26-,33?,34+,35+,36-,38+/m0/s1. The number of hydrogen-bond donors (Lipinski definition) is 2. The van der Waals surface area contributed by atoms with Crippen molar-refractivity contribution in [3.05, 3.63) is 143 Å². The third-order valence-electron chi connectivity index (χ3n) is 8.92. The summed E-state index contributed by atoms with van der Waals surface area (Å²) in [6.07, 6.45) is -0.580. The molecule has 7 nitrogen and oxygen atoms in total. The average Bonchev–Trinajstić information content (AvgIpc) is 3.07. The molecule has 6 rings (SSSR count). The zero-order chi connectivity index (χ0) is 31.2. The van der Waals surface area contributed by atoms with Crippen molar-refractivity contribution in [2.75, 3.05) is 0 Å². The minimum atomic E-state index is -1.82. The highest BCUT2D eigenvalue weighted by Crippen LogP contribution is 2.48.